The molecule has 0 bridgehead atoms. The molecule has 4 nitrogen and oxygen atoms in total. The van der Waals surface area contributed by atoms with Gasteiger partial charge in [-0.1, -0.05) is 11.2 Å². The summed E-state index contributed by atoms with van der Waals surface area (Å²) in [5, 5.41) is 14.1. The molecule has 5 heteroatoms. The average Bonchev–Trinajstić information content (AvgIpc) is 2.84. The molecule has 0 aliphatic carbocycles. The molecule has 0 aromatic carbocycles. The zero-order chi connectivity index (χ0) is 12.6. The second-order valence-electron chi connectivity index (χ2n) is 3.99. The monoisotopic (exact) mass is 261 g/mol. The summed E-state index contributed by atoms with van der Waals surface area (Å²) in [5.74, 6) is 0. The molecule has 0 atom stereocenters. The zero-order valence-corrected chi connectivity index (χ0v) is 10.8. The predicted molar refractivity (Wildman–Crippen MR) is 72.4 cm³/mol. The van der Waals surface area contributed by atoms with Crippen LogP contribution in [0.4, 0.5) is 0 Å². The van der Waals surface area contributed by atoms with Gasteiger partial charge in [-0.05, 0) is 37.3 Å². The summed E-state index contributed by atoms with van der Waals surface area (Å²) >= 11 is 1.50. The molecule has 2 aromatic rings. The molecular formula is C13H15N3OS. The van der Waals surface area contributed by atoms with Gasteiger partial charge in [-0.25, -0.2) is 4.98 Å². The van der Waals surface area contributed by atoms with Crippen LogP contribution in [0.25, 0.3) is 0 Å². The Labute approximate surface area is 110 Å². The Morgan fingerprint density at radius 2 is 2.22 bits per heavy atom. The number of aryl methyl sites for hydroxylation is 2. The van der Waals surface area contributed by atoms with Gasteiger partial charge in [0.15, 0.2) is 0 Å². The largest absolute Gasteiger partial charge is 0.411 e. The van der Waals surface area contributed by atoms with E-state index >= 15 is 0 Å². The highest BCUT2D eigenvalue weighted by Crippen LogP contribution is 2.11. The average molecular weight is 261 g/mol. The van der Waals surface area contributed by atoms with Gasteiger partial charge in [0, 0.05) is 17.8 Å². The van der Waals surface area contributed by atoms with Crippen molar-refractivity contribution in [2.24, 2.45) is 5.16 Å². The highest BCUT2D eigenvalue weighted by Gasteiger charge is 2.00. The first-order valence-corrected chi connectivity index (χ1v) is 6.77. The van der Waals surface area contributed by atoms with E-state index in [1.807, 2.05) is 17.6 Å². The van der Waals surface area contributed by atoms with Crippen molar-refractivity contribution < 1.29 is 5.21 Å². The Hall–Kier alpha value is -1.75. The number of nitrogens with zero attached hydrogens (tertiary/aromatic N) is 3. The lowest BCUT2D eigenvalue weighted by Gasteiger charge is -1.99. The summed E-state index contributed by atoms with van der Waals surface area (Å²) in [5.41, 5.74) is 2.35. The number of pyridine rings is 1. The van der Waals surface area contributed by atoms with E-state index < -0.39 is 0 Å². The molecule has 0 aliphatic heterocycles. The summed E-state index contributed by atoms with van der Waals surface area (Å²) in [6, 6.07) is 4.07. The Morgan fingerprint density at radius 3 is 3.00 bits per heavy atom. The number of thiazole rings is 1. The Bertz CT molecular complexity index is 496. The van der Waals surface area contributed by atoms with Crippen molar-refractivity contribution in [3.8, 4) is 0 Å². The van der Waals surface area contributed by atoms with E-state index in [1.54, 1.807) is 6.20 Å². The van der Waals surface area contributed by atoms with Crippen molar-refractivity contribution in [3.05, 3.63) is 46.2 Å². The maximum atomic E-state index is 8.40. The summed E-state index contributed by atoms with van der Waals surface area (Å²) in [6.45, 7) is 0. The molecule has 18 heavy (non-hydrogen) atoms. The van der Waals surface area contributed by atoms with Crippen molar-refractivity contribution in [1.82, 2.24) is 9.97 Å². The number of aromatic nitrogens is 2. The highest BCUT2D eigenvalue weighted by molar-refractivity contribution is 7.11. The first kappa shape index (κ1) is 12.7. The van der Waals surface area contributed by atoms with Crippen LogP contribution in [0.15, 0.2) is 35.1 Å². The first-order chi connectivity index (χ1) is 8.88. The van der Waals surface area contributed by atoms with Gasteiger partial charge in [0.2, 0.25) is 0 Å². The van der Waals surface area contributed by atoms with E-state index in [9.17, 15) is 0 Å². The number of unbranched alkanes of at least 4 members (excludes halogenated alkanes) is 1. The first-order valence-electron chi connectivity index (χ1n) is 5.89. The molecular weight excluding hydrogens is 246 g/mol. The lowest BCUT2D eigenvalue weighted by atomic mass is 10.1. The fourth-order valence-corrected chi connectivity index (χ4v) is 2.43. The van der Waals surface area contributed by atoms with Crippen LogP contribution in [0.1, 0.15) is 29.1 Å². The molecule has 0 spiro atoms. The van der Waals surface area contributed by atoms with E-state index in [0.29, 0.717) is 0 Å². The summed E-state index contributed by atoms with van der Waals surface area (Å²) in [7, 11) is 0. The van der Waals surface area contributed by atoms with Crippen molar-refractivity contribution in [1.29, 1.82) is 0 Å². The highest BCUT2D eigenvalue weighted by atomic mass is 32.1. The molecule has 2 aromatic heterocycles. The van der Waals surface area contributed by atoms with Crippen LogP contribution in [-0.4, -0.2) is 21.4 Å². The standard InChI is InChI=1S/C13H15N3OS/c17-15-9-13-16-12(10-18-13)6-2-1-4-11-5-3-7-14-8-11/h3,5,7-10,17H,1-2,4,6H2/b15-9+. The Morgan fingerprint density at radius 1 is 1.33 bits per heavy atom. The lowest BCUT2D eigenvalue weighted by Crippen LogP contribution is -1.90. The second-order valence-corrected chi connectivity index (χ2v) is 4.88. The molecule has 0 fully saturated rings. The fourth-order valence-electron chi connectivity index (χ4n) is 1.73. The number of hydrogen-bond donors (Lipinski definition) is 1. The molecule has 0 saturated carbocycles. The van der Waals surface area contributed by atoms with Crippen molar-refractivity contribution >= 4 is 17.6 Å². The lowest BCUT2D eigenvalue weighted by molar-refractivity contribution is 0.322. The third-order valence-corrected chi connectivity index (χ3v) is 3.44. The van der Waals surface area contributed by atoms with Gasteiger partial charge in [-0.3, -0.25) is 4.98 Å². The van der Waals surface area contributed by atoms with Crippen LogP contribution in [0.2, 0.25) is 0 Å². The van der Waals surface area contributed by atoms with E-state index in [-0.39, 0.29) is 0 Å². The van der Waals surface area contributed by atoms with Gasteiger partial charge in [0.1, 0.15) is 11.2 Å². The van der Waals surface area contributed by atoms with Gasteiger partial charge < -0.3 is 5.21 Å². The van der Waals surface area contributed by atoms with Crippen molar-refractivity contribution in [2.45, 2.75) is 25.7 Å². The maximum absolute atomic E-state index is 8.40. The smallest absolute Gasteiger partial charge is 0.138 e. The number of rotatable bonds is 6. The van der Waals surface area contributed by atoms with E-state index in [2.05, 4.69) is 21.2 Å². The van der Waals surface area contributed by atoms with Gasteiger partial charge in [0.05, 0.1) is 5.69 Å². The summed E-state index contributed by atoms with van der Waals surface area (Å²) < 4.78 is 0. The third kappa shape index (κ3) is 3.92. The van der Waals surface area contributed by atoms with Crippen LogP contribution < -0.4 is 0 Å². The molecule has 94 valence electrons. The second kappa shape index (κ2) is 6.86. The van der Waals surface area contributed by atoms with Gasteiger partial charge in [-0.2, -0.15) is 0 Å². The Kier molecular flexibility index (Phi) is 4.84. The third-order valence-electron chi connectivity index (χ3n) is 2.61. The molecule has 2 rings (SSSR count). The quantitative estimate of drug-likeness (QED) is 0.376. The SMILES string of the molecule is O/N=C/c1nc(CCCCc2cccnc2)cs1. The van der Waals surface area contributed by atoms with Crippen molar-refractivity contribution in [2.75, 3.05) is 0 Å². The fraction of sp³-hybridized carbons (Fsp3) is 0.308. The predicted octanol–water partition coefficient (Wildman–Crippen LogP) is 2.91. The van der Waals surface area contributed by atoms with Gasteiger partial charge >= 0.3 is 0 Å². The van der Waals surface area contributed by atoms with Gasteiger partial charge in [0.25, 0.3) is 0 Å². The maximum Gasteiger partial charge on any atom is 0.138 e. The molecule has 0 unspecified atom stereocenters. The number of hydrogen-bond acceptors (Lipinski definition) is 5. The van der Waals surface area contributed by atoms with Crippen LogP contribution in [0.3, 0.4) is 0 Å². The molecule has 0 saturated heterocycles. The Balaban J connectivity index is 1.72. The minimum atomic E-state index is 0.750. The van der Waals surface area contributed by atoms with E-state index in [4.69, 9.17) is 5.21 Å². The van der Waals surface area contributed by atoms with Crippen LogP contribution in [-0.2, 0) is 12.8 Å². The topological polar surface area (TPSA) is 58.4 Å². The van der Waals surface area contributed by atoms with Gasteiger partial charge in [-0.15, -0.1) is 11.3 Å². The molecule has 0 amide bonds. The van der Waals surface area contributed by atoms with Crippen LogP contribution >= 0.6 is 11.3 Å². The normalized spacial score (nSPS) is 11.1. The zero-order valence-electron chi connectivity index (χ0n) is 9.99. The molecule has 0 radical (unpaired) electrons. The number of oxime groups is 1. The minimum Gasteiger partial charge on any atom is -0.411 e. The molecule has 0 aliphatic rings. The molecule has 2 heterocycles. The molecule has 1 N–H and O–H groups in total. The van der Waals surface area contributed by atoms with Crippen LogP contribution in [0.5, 0.6) is 0 Å². The minimum absolute atomic E-state index is 0.750. The summed E-state index contributed by atoms with van der Waals surface area (Å²) in [4.78, 5) is 8.44. The summed E-state index contributed by atoms with van der Waals surface area (Å²) in [6.07, 6.45) is 9.34. The van der Waals surface area contributed by atoms with E-state index in [1.165, 1.54) is 23.1 Å². The van der Waals surface area contributed by atoms with Crippen molar-refractivity contribution in [3.63, 3.8) is 0 Å². The van der Waals surface area contributed by atoms with E-state index in [0.717, 1.165) is 36.4 Å². The van der Waals surface area contributed by atoms with Crippen LogP contribution in [0, 0.1) is 0 Å².